The van der Waals surface area contributed by atoms with Crippen molar-refractivity contribution in [1.82, 2.24) is 0 Å². The molecule has 0 unspecified atom stereocenters. The second-order valence-corrected chi connectivity index (χ2v) is 8.79. The maximum Gasteiger partial charge on any atom is 0.234 e. The normalized spacial score (nSPS) is 28.3. The topological polar surface area (TPSA) is 67.9 Å². The summed E-state index contributed by atoms with van der Waals surface area (Å²) in [5.41, 5.74) is 1.93. The van der Waals surface area contributed by atoms with Crippen LogP contribution in [-0.2, 0) is 14.3 Å². The average molecular weight is 418 g/mol. The highest BCUT2D eigenvalue weighted by molar-refractivity contribution is 6.05. The van der Waals surface area contributed by atoms with E-state index in [1.165, 1.54) is 5.56 Å². The highest BCUT2D eigenvalue weighted by Crippen LogP contribution is 2.53. The number of amides is 2. The van der Waals surface area contributed by atoms with Gasteiger partial charge in [0.2, 0.25) is 11.8 Å². The van der Waals surface area contributed by atoms with Gasteiger partial charge in [0.1, 0.15) is 11.4 Å². The van der Waals surface area contributed by atoms with E-state index in [0.29, 0.717) is 18.2 Å². The van der Waals surface area contributed by atoms with Gasteiger partial charge in [0.05, 0.1) is 31.6 Å². The highest BCUT2D eigenvalue weighted by Gasteiger charge is 2.67. The Balaban J connectivity index is 1.39. The van der Waals surface area contributed by atoms with Gasteiger partial charge in [0.25, 0.3) is 0 Å². The molecule has 0 saturated carbocycles. The predicted octanol–water partition coefficient (Wildman–Crippen LogP) is 3.74. The van der Waals surface area contributed by atoms with Crippen LogP contribution in [0.2, 0.25) is 0 Å². The third kappa shape index (κ3) is 3.13. The third-order valence-electron chi connectivity index (χ3n) is 6.61. The molecule has 2 saturated heterocycles. The number of carbonyl (C=O) groups excluding carboxylic acids is 2. The van der Waals surface area contributed by atoms with Gasteiger partial charge < -0.3 is 19.7 Å². The number of methoxy groups -OCH3 is 1. The first-order valence-corrected chi connectivity index (χ1v) is 10.7. The van der Waals surface area contributed by atoms with Crippen molar-refractivity contribution in [3.63, 3.8) is 0 Å². The van der Waals surface area contributed by atoms with Gasteiger partial charge in [-0.05, 0) is 35.7 Å². The smallest absolute Gasteiger partial charge is 0.234 e. The highest BCUT2D eigenvalue weighted by atomic mass is 16.5. The van der Waals surface area contributed by atoms with Crippen LogP contribution in [0, 0.1) is 11.8 Å². The van der Waals surface area contributed by atoms with Crippen molar-refractivity contribution in [2.75, 3.05) is 23.9 Å². The monoisotopic (exact) mass is 418 g/mol. The Kier molecular flexibility index (Phi) is 4.63. The lowest BCUT2D eigenvalue weighted by molar-refractivity contribution is -0.128. The van der Waals surface area contributed by atoms with E-state index in [1.807, 2.05) is 60.7 Å². The fourth-order valence-electron chi connectivity index (χ4n) is 4.97. The summed E-state index contributed by atoms with van der Waals surface area (Å²) in [6, 6.07) is 15.3. The third-order valence-corrected chi connectivity index (χ3v) is 6.61. The molecule has 5 rings (SSSR count). The van der Waals surface area contributed by atoms with Crippen LogP contribution in [0.3, 0.4) is 0 Å². The number of hydrogen-bond donors (Lipinski definition) is 1. The van der Waals surface area contributed by atoms with Crippen LogP contribution in [0.25, 0.3) is 0 Å². The number of rotatable bonds is 5. The zero-order valence-electron chi connectivity index (χ0n) is 17.9. The first-order chi connectivity index (χ1) is 14.9. The number of carbonyl (C=O) groups is 2. The van der Waals surface area contributed by atoms with E-state index >= 15 is 0 Å². The number of fused-ring (bicyclic) bond motifs is 1. The summed E-state index contributed by atoms with van der Waals surface area (Å²) in [4.78, 5) is 28.4. The minimum Gasteiger partial charge on any atom is -0.497 e. The molecule has 4 atom stereocenters. The summed E-state index contributed by atoms with van der Waals surface area (Å²) in [7, 11) is 1.60. The fraction of sp³-hybridized carbons (Fsp3) is 0.360. The van der Waals surface area contributed by atoms with Crippen molar-refractivity contribution in [1.29, 1.82) is 0 Å². The molecule has 3 aliphatic heterocycles. The van der Waals surface area contributed by atoms with E-state index in [9.17, 15) is 9.59 Å². The largest absolute Gasteiger partial charge is 0.497 e. The van der Waals surface area contributed by atoms with Gasteiger partial charge in [0.15, 0.2) is 0 Å². The SMILES string of the molecule is COc1cccc(N2C[C@@]34C=C[C@H](O3)[C@@H](C(=O)Nc3ccc(C(C)C)cc3)[C@H]4C2=O)c1. The molecule has 0 radical (unpaired) electrons. The lowest BCUT2D eigenvalue weighted by Gasteiger charge is -2.23. The van der Waals surface area contributed by atoms with Gasteiger partial charge in [0, 0.05) is 17.4 Å². The van der Waals surface area contributed by atoms with Gasteiger partial charge >= 0.3 is 0 Å². The van der Waals surface area contributed by atoms with Crippen molar-refractivity contribution in [2.45, 2.75) is 31.5 Å². The van der Waals surface area contributed by atoms with Crippen LogP contribution in [0.5, 0.6) is 5.75 Å². The van der Waals surface area contributed by atoms with Crippen LogP contribution < -0.4 is 15.0 Å². The number of ether oxygens (including phenoxy) is 2. The molecule has 2 aromatic rings. The number of hydrogen-bond acceptors (Lipinski definition) is 4. The van der Waals surface area contributed by atoms with E-state index < -0.39 is 17.4 Å². The molecule has 3 heterocycles. The standard InChI is InChI=1S/C25H26N2O4/c1-15(2)16-7-9-17(10-8-16)26-23(28)21-20-11-12-25(31-20)14-27(24(29)22(21)25)18-5-4-6-19(13-18)30-3/h4-13,15,20-22H,14H2,1-3H3,(H,26,28)/t20-,21+,22-,25+/m0/s1. The number of benzene rings is 2. The molecule has 6 nitrogen and oxygen atoms in total. The maximum atomic E-state index is 13.4. The molecule has 1 N–H and O–H groups in total. The Morgan fingerprint density at radius 2 is 2.00 bits per heavy atom. The van der Waals surface area contributed by atoms with E-state index in [1.54, 1.807) is 12.0 Å². The number of nitrogens with zero attached hydrogens (tertiary/aromatic N) is 1. The van der Waals surface area contributed by atoms with Crippen molar-refractivity contribution in [2.24, 2.45) is 11.8 Å². The van der Waals surface area contributed by atoms with Crippen molar-refractivity contribution in [3.05, 3.63) is 66.2 Å². The molecular formula is C25H26N2O4. The molecule has 6 heteroatoms. The molecule has 0 aliphatic carbocycles. The summed E-state index contributed by atoms with van der Waals surface area (Å²) in [5.74, 6) is -0.261. The Hall–Kier alpha value is -3.12. The molecule has 2 aromatic carbocycles. The van der Waals surface area contributed by atoms with Crippen LogP contribution in [-0.4, -0.2) is 37.2 Å². The van der Waals surface area contributed by atoms with E-state index in [0.717, 1.165) is 11.4 Å². The Morgan fingerprint density at radius 1 is 1.23 bits per heavy atom. The maximum absolute atomic E-state index is 13.4. The number of anilines is 2. The molecule has 160 valence electrons. The van der Waals surface area contributed by atoms with E-state index in [-0.39, 0.29) is 17.9 Å². The number of nitrogens with one attached hydrogen (secondary N) is 1. The zero-order chi connectivity index (χ0) is 21.8. The van der Waals surface area contributed by atoms with Gasteiger partial charge in [-0.25, -0.2) is 0 Å². The Labute approximate surface area is 181 Å². The molecule has 2 fully saturated rings. The van der Waals surface area contributed by atoms with E-state index in [2.05, 4.69) is 19.2 Å². The molecule has 1 spiro atoms. The van der Waals surface area contributed by atoms with Crippen LogP contribution in [0.15, 0.2) is 60.7 Å². The summed E-state index contributed by atoms with van der Waals surface area (Å²) in [5, 5.41) is 2.99. The van der Waals surface area contributed by atoms with Gasteiger partial charge in [-0.1, -0.05) is 44.2 Å². The summed E-state index contributed by atoms with van der Waals surface area (Å²) >= 11 is 0. The van der Waals surface area contributed by atoms with Crippen LogP contribution in [0.4, 0.5) is 11.4 Å². The minimum atomic E-state index is -0.756. The average Bonchev–Trinajstić information content (AvgIpc) is 3.42. The summed E-state index contributed by atoms with van der Waals surface area (Å²) < 4.78 is 11.5. The van der Waals surface area contributed by atoms with E-state index in [4.69, 9.17) is 9.47 Å². The lowest BCUT2D eigenvalue weighted by atomic mass is 9.76. The van der Waals surface area contributed by atoms with Crippen molar-refractivity contribution in [3.8, 4) is 5.75 Å². The Morgan fingerprint density at radius 3 is 2.71 bits per heavy atom. The van der Waals surface area contributed by atoms with Crippen LogP contribution >= 0.6 is 0 Å². The molecule has 3 aliphatic rings. The quantitative estimate of drug-likeness (QED) is 0.751. The molecule has 0 aromatic heterocycles. The fourth-order valence-corrected chi connectivity index (χ4v) is 4.97. The van der Waals surface area contributed by atoms with Crippen molar-refractivity contribution >= 4 is 23.2 Å². The second-order valence-electron chi connectivity index (χ2n) is 8.79. The van der Waals surface area contributed by atoms with Gasteiger partial charge in [-0.15, -0.1) is 0 Å². The van der Waals surface area contributed by atoms with Crippen LogP contribution in [0.1, 0.15) is 25.3 Å². The zero-order valence-corrected chi connectivity index (χ0v) is 17.9. The molecule has 31 heavy (non-hydrogen) atoms. The first-order valence-electron chi connectivity index (χ1n) is 10.7. The Bertz CT molecular complexity index is 1060. The second kappa shape index (κ2) is 7.24. The van der Waals surface area contributed by atoms with Gasteiger partial charge in [-0.2, -0.15) is 0 Å². The lowest BCUT2D eigenvalue weighted by Crippen LogP contribution is -2.41. The predicted molar refractivity (Wildman–Crippen MR) is 118 cm³/mol. The molecule has 2 bridgehead atoms. The van der Waals surface area contributed by atoms with Crippen molar-refractivity contribution < 1.29 is 19.1 Å². The molecular weight excluding hydrogens is 392 g/mol. The van der Waals surface area contributed by atoms with Gasteiger partial charge in [-0.3, -0.25) is 9.59 Å². The minimum absolute atomic E-state index is 0.0876. The molecule has 2 amide bonds. The summed E-state index contributed by atoms with van der Waals surface area (Å²) in [6.07, 6.45) is 3.50. The first kappa shape index (κ1) is 19.8. The summed E-state index contributed by atoms with van der Waals surface area (Å²) in [6.45, 7) is 4.65.